The SMILES string of the molecule is CCCCCCCCCCCCCCCCCCCCC(=O)OC[C@H](COP(=O)(O)OC[C@@H](O)COP(=O)(O)OC[C@@H](COC(=O)CCCCCCCCC(C)CC)OC(=O)CCCCCCCCCCCCCCCCC(C)C)OC(=O)CCCCCCCCCCCCCCCCCCCCC(C)C. The van der Waals surface area contributed by atoms with Crippen molar-refractivity contribution < 1.29 is 80.2 Å². The van der Waals surface area contributed by atoms with Gasteiger partial charge in [0, 0.05) is 25.7 Å². The average Bonchev–Trinajstić information content (AvgIpc) is 0.900. The van der Waals surface area contributed by atoms with Gasteiger partial charge in [0.25, 0.3) is 0 Å². The van der Waals surface area contributed by atoms with Crippen molar-refractivity contribution in [2.24, 2.45) is 17.8 Å². The minimum Gasteiger partial charge on any atom is -0.462 e. The normalized spacial score (nSPS) is 14.1. The van der Waals surface area contributed by atoms with Crippen molar-refractivity contribution in [2.75, 3.05) is 39.6 Å². The number of carbonyl (C=O) groups is 4. The van der Waals surface area contributed by atoms with Crippen LogP contribution in [0.4, 0.5) is 0 Å². The smallest absolute Gasteiger partial charge is 0.462 e. The van der Waals surface area contributed by atoms with Crippen LogP contribution in [-0.4, -0.2) is 96.7 Å². The van der Waals surface area contributed by atoms with E-state index in [4.69, 9.17) is 37.0 Å². The number of hydrogen-bond acceptors (Lipinski definition) is 15. The van der Waals surface area contributed by atoms with Gasteiger partial charge in [0.15, 0.2) is 12.2 Å². The second-order valence-electron chi connectivity index (χ2n) is 32.5. The molecule has 0 radical (unpaired) electrons. The van der Waals surface area contributed by atoms with Gasteiger partial charge in [-0.15, -0.1) is 0 Å². The van der Waals surface area contributed by atoms with Crippen molar-refractivity contribution in [2.45, 2.75) is 478 Å². The van der Waals surface area contributed by atoms with E-state index >= 15 is 0 Å². The van der Waals surface area contributed by atoms with E-state index < -0.39 is 97.5 Å². The number of phosphoric acid groups is 2. The zero-order valence-corrected chi connectivity index (χ0v) is 71.7. The number of hydrogen-bond donors (Lipinski definition) is 3. The highest BCUT2D eigenvalue weighted by Gasteiger charge is 2.31. The minimum atomic E-state index is -4.97. The summed E-state index contributed by atoms with van der Waals surface area (Å²) in [6, 6.07) is 0. The van der Waals surface area contributed by atoms with E-state index in [1.165, 1.54) is 263 Å². The van der Waals surface area contributed by atoms with Crippen molar-refractivity contribution in [3.05, 3.63) is 0 Å². The lowest BCUT2D eigenvalue weighted by atomic mass is 10.00. The summed E-state index contributed by atoms with van der Waals surface area (Å²) >= 11 is 0. The van der Waals surface area contributed by atoms with Gasteiger partial charge in [0.05, 0.1) is 26.4 Å². The molecule has 0 amide bonds. The molecule has 0 spiro atoms. The molecule has 0 aromatic carbocycles. The number of aliphatic hydroxyl groups excluding tert-OH is 1. The van der Waals surface area contributed by atoms with Gasteiger partial charge >= 0.3 is 39.5 Å². The van der Waals surface area contributed by atoms with Crippen molar-refractivity contribution >= 4 is 39.5 Å². The van der Waals surface area contributed by atoms with Gasteiger partial charge in [0.1, 0.15) is 19.3 Å². The molecule has 0 heterocycles. The van der Waals surface area contributed by atoms with E-state index in [9.17, 15) is 43.2 Å². The predicted octanol–water partition coefficient (Wildman–Crippen LogP) is 26.5. The van der Waals surface area contributed by atoms with Crippen LogP contribution in [0, 0.1) is 17.8 Å². The minimum absolute atomic E-state index is 0.107. The molecule has 630 valence electrons. The molecule has 0 saturated heterocycles. The van der Waals surface area contributed by atoms with Crippen LogP contribution in [0.25, 0.3) is 0 Å². The highest BCUT2D eigenvalue weighted by atomic mass is 31.2. The first-order chi connectivity index (χ1) is 51.3. The van der Waals surface area contributed by atoms with E-state index in [1.54, 1.807) is 0 Å². The van der Waals surface area contributed by atoms with E-state index in [1.807, 2.05) is 0 Å². The molecular weight excluding hydrogens is 1380 g/mol. The van der Waals surface area contributed by atoms with Gasteiger partial charge < -0.3 is 33.8 Å². The number of aliphatic hydroxyl groups is 1. The summed E-state index contributed by atoms with van der Waals surface area (Å²) in [5.74, 6) is 0.242. The maximum absolute atomic E-state index is 13.2. The Balaban J connectivity index is 5.23. The molecule has 6 atom stereocenters. The van der Waals surface area contributed by atoms with Crippen LogP contribution in [0.1, 0.15) is 459 Å². The van der Waals surface area contributed by atoms with E-state index in [0.29, 0.717) is 25.7 Å². The summed E-state index contributed by atoms with van der Waals surface area (Å²) in [4.78, 5) is 73.2. The molecule has 17 nitrogen and oxygen atoms in total. The van der Waals surface area contributed by atoms with Gasteiger partial charge in [0.2, 0.25) is 0 Å². The lowest BCUT2D eigenvalue weighted by Crippen LogP contribution is -2.30. The Morgan fingerprint density at radius 2 is 0.481 bits per heavy atom. The molecule has 0 saturated carbocycles. The molecule has 0 aliphatic heterocycles. The standard InChI is InChI=1S/C87H170O17P2/c1-8-10-11-12-13-14-15-16-17-18-22-25-31-36-41-46-54-61-68-84(89)97-74-82(103-86(91)70-63-56-47-42-37-32-26-23-20-19-21-24-29-34-39-44-51-58-65-78(3)4)76-101-105(93,94)99-72-81(88)73-100-106(95,96)102-77-83(75-98-85(90)69-62-55-50-49-53-60-67-80(7)9-2)104-87(92)71-64-57-48-43-38-33-28-27-30-35-40-45-52-59-66-79(5)6/h78-83,88H,8-77H2,1-7H3,(H,93,94)(H,95,96)/t80?,81-,82-,83-/m1/s1. The van der Waals surface area contributed by atoms with Gasteiger partial charge in [-0.2, -0.15) is 0 Å². The Labute approximate surface area is 651 Å². The fraction of sp³-hybridized carbons (Fsp3) is 0.954. The van der Waals surface area contributed by atoms with Crippen LogP contribution in [0.2, 0.25) is 0 Å². The van der Waals surface area contributed by atoms with Gasteiger partial charge in [-0.25, -0.2) is 9.13 Å². The quantitative estimate of drug-likeness (QED) is 0.0222. The van der Waals surface area contributed by atoms with Crippen LogP contribution >= 0.6 is 15.6 Å². The lowest BCUT2D eigenvalue weighted by Gasteiger charge is -2.21. The third-order valence-corrected chi connectivity index (χ3v) is 22.6. The first kappa shape index (κ1) is 104. The molecule has 106 heavy (non-hydrogen) atoms. The van der Waals surface area contributed by atoms with Crippen molar-refractivity contribution in [1.82, 2.24) is 0 Å². The molecule has 0 aliphatic rings. The first-order valence-corrected chi connectivity index (χ1v) is 47.9. The topological polar surface area (TPSA) is 237 Å². The van der Waals surface area contributed by atoms with Crippen LogP contribution in [0.3, 0.4) is 0 Å². The third kappa shape index (κ3) is 78.7. The summed E-state index contributed by atoms with van der Waals surface area (Å²) in [5, 5.41) is 10.7. The fourth-order valence-electron chi connectivity index (χ4n) is 13.5. The Morgan fingerprint density at radius 3 is 0.717 bits per heavy atom. The van der Waals surface area contributed by atoms with Crippen LogP contribution in [-0.2, 0) is 65.4 Å². The molecule has 3 N–H and O–H groups in total. The van der Waals surface area contributed by atoms with Gasteiger partial charge in [-0.05, 0) is 43.4 Å². The lowest BCUT2D eigenvalue weighted by molar-refractivity contribution is -0.161. The maximum Gasteiger partial charge on any atom is 0.472 e. The summed E-state index contributed by atoms with van der Waals surface area (Å²) < 4.78 is 68.9. The highest BCUT2D eigenvalue weighted by molar-refractivity contribution is 7.47. The van der Waals surface area contributed by atoms with E-state index in [-0.39, 0.29) is 25.7 Å². The Kier molecular flexibility index (Phi) is 75.6. The first-order valence-electron chi connectivity index (χ1n) is 44.9. The van der Waals surface area contributed by atoms with Gasteiger partial charge in [-0.1, -0.05) is 408 Å². The Morgan fingerprint density at radius 1 is 0.274 bits per heavy atom. The summed E-state index contributed by atoms with van der Waals surface area (Å²) in [6.45, 7) is 12.0. The van der Waals surface area contributed by atoms with Crippen molar-refractivity contribution in [3.8, 4) is 0 Å². The zero-order chi connectivity index (χ0) is 77.9. The number of unbranched alkanes of at least 4 members (excludes halogenated alkanes) is 52. The van der Waals surface area contributed by atoms with E-state index in [0.717, 1.165) is 114 Å². The van der Waals surface area contributed by atoms with Crippen LogP contribution in [0.5, 0.6) is 0 Å². The second kappa shape index (κ2) is 77.0. The van der Waals surface area contributed by atoms with Crippen LogP contribution in [0.15, 0.2) is 0 Å². The molecule has 0 bridgehead atoms. The molecule has 0 rings (SSSR count). The van der Waals surface area contributed by atoms with Crippen LogP contribution < -0.4 is 0 Å². The highest BCUT2D eigenvalue weighted by Crippen LogP contribution is 2.45. The molecule has 0 aromatic heterocycles. The van der Waals surface area contributed by atoms with Crippen molar-refractivity contribution in [1.29, 1.82) is 0 Å². The average molecular weight is 1550 g/mol. The number of carbonyl (C=O) groups excluding carboxylic acids is 4. The molecule has 0 aliphatic carbocycles. The fourth-order valence-corrected chi connectivity index (χ4v) is 15.1. The van der Waals surface area contributed by atoms with Crippen molar-refractivity contribution in [3.63, 3.8) is 0 Å². The number of rotatable bonds is 85. The number of ether oxygens (including phenoxy) is 4. The molecular formula is C87H170O17P2. The maximum atomic E-state index is 13.2. The molecule has 3 unspecified atom stereocenters. The zero-order valence-electron chi connectivity index (χ0n) is 69.9. The monoisotopic (exact) mass is 1550 g/mol. The summed E-state index contributed by atoms with van der Waals surface area (Å²) in [7, 11) is -9.93. The Bertz CT molecular complexity index is 2050. The largest absolute Gasteiger partial charge is 0.472 e. The predicted molar refractivity (Wildman–Crippen MR) is 437 cm³/mol. The molecule has 0 aromatic rings. The molecule has 0 fully saturated rings. The van der Waals surface area contributed by atoms with Gasteiger partial charge in [-0.3, -0.25) is 37.3 Å². The second-order valence-corrected chi connectivity index (χ2v) is 35.4. The van der Waals surface area contributed by atoms with E-state index in [2.05, 4.69) is 48.5 Å². The summed E-state index contributed by atoms with van der Waals surface area (Å²) in [5.41, 5.74) is 0. The number of phosphoric ester groups is 2. The third-order valence-electron chi connectivity index (χ3n) is 20.7. The summed E-state index contributed by atoms with van der Waals surface area (Å²) in [6.07, 6.45) is 68.1. The Hall–Kier alpha value is -1.94. The number of esters is 4. The molecule has 19 heteroatoms.